The lowest BCUT2D eigenvalue weighted by Crippen LogP contribution is -1.99. The van der Waals surface area contributed by atoms with Crippen LogP contribution < -0.4 is 4.74 Å². The summed E-state index contributed by atoms with van der Waals surface area (Å²) in [5, 5.41) is 10.7. The Bertz CT molecular complexity index is 1150. The molecule has 0 N–H and O–H groups in total. The fraction of sp³-hybridized carbons (Fsp3) is 0.240. The van der Waals surface area contributed by atoms with Crippen LogP contribution in [0.2, 0.25) is 0 Å². The van der Waals surface area contributed by atoms with Gasteiger partial charge in [0.15, 0.2) is 0 Å². The molecule has 0 fully saturated rings. The molecule has 0 radical (unpaired) electrons. The molecule has 0 atom stereocenters. The van der Waals surface area contributed by atoms with Crippen molar-refractivity contribution in [2.24, 2.45) is 5.18 Å². The monoisotopic (exact) mass is 443 g/mol. The van der Waals surface area contributed by atoms with Crippen molar-refractivity contribution in [2.75, 3.05) is 0 Å². The summed E-state index contributed by atoms with van der Waals surface area (Å²) >= 11 is 0. The highest BCUT2D eigenvalue weighted by Crippen LogP contribution is 2.16. The third kappa shape index (κ3) is 6.96. The van der Waals surface area contributed by atoms with E-state index in [-0.39, 0.29) is 6.54 Å². The zero-order valence-electron chi connectivity index (χ0n) is 18.2. The first-order chi connectivity index (χ1) is 16.3. The number of oxazole rings is 1. The van der Waals surface area contributed by atoms with Crippen LogP contribution in [-0.2, 0) is 26.1 Å². The summed E-state index contributed by atoms with van der Waals surface area (Å²) in [4.78, 5) is 14.7. The highest BCUT2D eigenvalue weighted by molar-refractivity contribution is 5.66. The molecular formula is C25H25N5O3. The first-order valence-electron chi connectivity index (χ1n) is 10.8. The second-order valence-corrected chi connectivity index (χ2v) is 7.60. The van der Waals surface area contributed by atoms with Gasteiger partial charge >= 0.3 is 0 Å². The number of rotatable bonds is 12. The lowest BCUT2D eigenvalue weighted by molar-refractivity contribution is 0.301. The van der Waals surface area contributed by atoms with Crippen LogP contribution in [0.4, 0.5) is 0 Å². The summed E-state index contributed by atoms with van der Waals surface area (Å²) in [6, 6.07) is 15.8. The summed E-state index contributed by atoms with van der Waals surface area (Å²) in [6.07, 6.45) is 12.1. The van der Waals surface area contributed by atoms with Crippen LogP contribution in [0.25, 0.3) is 12.2 Å². The van der Waals surface area contributed by atoms with Gasteiger partial charge in [-0.25, -0.2) is 4.98 Å². The van der Waals surface area contributed by atoms with Crippen molar-refractivity contribution in [3.63, 3.8) is 0 Å². The molecular weight excluding hydrogens is 418 g/mol. The van der Waals surface area contributed by atoms with E-state index >= 15 is 0 Å². The number of nitroso groups, excluding NO2 is 1. The molecule has 8 nitrogen and oxygen atoms in total. The molecule has 33 heavy (non-hydrogen) atoms. The third-order valence-corrected chi connectivity index (χ3v) is 5.10. The first-order valence-corrected chi connectivity index (χ1v) is 10.8. The Kier molecular flexibility index (Phi) is 7.73. The van der Waals surface area contributed by atoms with Gasteiger partial charge in [-0.15, -0.1) is 5.10 Å². The minimum atomic E-state index is 0.181. The minimum absolute atomic E-state index is 0.181. The van der Waals surface area contributed by atoms with Gasteiger partial charge in [0.05, 0.1) is 6.20 Å². The Hall–Kier alpha value is -4.07. The number of ether oxygens (including phenoxy) is 1. The van der Waals surface area contributed by atoms with Crippen LogP contribution in [0.3, 0.4) is 0 Å². The van der Waals surface area contributed by atoms with Gasteiger partial charge in [-0.2, -0.15) is 4.91 Å². The van der Waals surface area contributed by atoms with Gasteiger partial charge in [-0.1, -0.05) is 46.8 Å². The van der Waals surface area contributed by atoms with Gasteiger partial charge in [-0.05, 0) is 54.2 Å². The van der Waals surface area contributed by atoms with E-state index in [1.807, 2.05) is 53.4 Å². The highest BCUT2D eigenvalue weighted by atomic mass is 16.5. The fourth-order valence-corrected chi connectivity index (χ4v) is 3.31. The predicted molar refractivity (Wildman–Crippen MR) is 125 cm³/mol. The van der Waals surface area contributed by atoms with Gasteiger partial charge in [0.1, 0.15) is 30.9 Å². The zero-order valence-corrected chi connectivity index (χ0v) is 18.2. The number of benzene rings is 2. The molecule has 0 saturated carbocycles. The summed E-state index contributed by atoms with van der Waals surface area (Å²) in [6.45, 7) is 1.41. The molecule has 0 aliphatic heterocycles. The lowest BCUT2D eigenvalue weighted by atomic mass is 10.1. The molecule has 0 saturated heterocycles. The summed E-state index contributed by atoms with van der Waals surface area (Å²) < 4.78 is 13.2. The molecule has 0 spiro atoms. The fourth-order valence-electron chi connectivity index (χ4n) is 3.31. The van der Waals surface area contributed by atoms with Crippen LogP contribution in [0.1, 0.15) is 41.1 Å². The van der Waals surface area contributed by atoms with E-state index in [9.17, 15) is 4.91 Å². The van der Waals surface area contributed by atoms with E-state index in [2.05, 4.69) is 32.6 Å². The van der Waals surface area contributed by atoms with Gasteiger partial charge in [-0.3, -0.25) is 4.68 Å². The number of hydrogen-bond acceptors (Lipinski definition) is 7. The summed E-state index contributed by atoms with van der Waals surface area (Å²) in [5.41, 5.74) is 3.87. The second kappa shape index (κ2) is 11.5. The Balaban J connectivity index is 1.20. The van der Waals surface area contributed by atoms with Crippen molar-refractivity contribution in [3.05, 3.63) is 100 Å². The van der Waals surface area contributed by atoms with Crippen LogP contribution in [0.15, 0.2) is 76.8 Å². The Labute approximate surface area is 191 Å². The van der Waals surface area contributed by atoms with Crippen molar-refractivity contribution in [2.45, 2.75) is 39.0 Å². The standard InChI is InChI=1S/C25H25N5O3/c31-27-17-22-6-4-21(5-7-22)10-13-25-28-23(19-33-25)18-32-24-11-8-20(9-12-24)3-1-2-15-30-16-14-26-29-30/h4-14,16,19H,1-3,15,17-18H2/b13-10+. The summed E-state index contributed by atoms with van der Waals surface area (Å²) in [7, 11) is 0. The van der Waals surface area contributed by atoms with E-state index < -0.39 is 0 Å². The minimum Gasteiger partial charge on any atom is -0.487 e. The topological polar surface area (TPSA) is 95.4 Å². The number of aryl methyl sites for hydroxylation is 2. The molecule has 0 amide bonds. The number of nitrogens with zero attached hydrogens (tertiary/aromatic N) is 5. The quantitative estimate of drug-likeness (QED) is 0.218. The zero-order chi connectivity index (χ0) is 22.7. The van der Waals surface area contributed by atoms with Crippen LogP contribution in [-0.4, -0.2) is 20.0 Å². The Morgan fingerprint density at radius 2 is 1.82 bits per heavy atom. The number of unbranched alkanes of at least 4 members (excludes halogenated alkanes) is 1. The molecule has 4 aromatic rings. The summed E-state index contributed by atoms with van der Waals surface area (Å²) in [5.74, 6) is 1.31. The third-order valence-electron chi connectivity index (χ3n) is 5.10. The van der Waals surface area contributed by atoms with Gasteiger partial charge in [0.25, 0.3) is 0 Å². The average molecular weight is 444 g/mol. The van der Waals surface area contributed by atoms with Gasteiger partial charge in [0.2, 0.25) is 5.89 Å². The van der Waals surface area contributed by atoms with Crippen molar-refractivity contribution in [1.29, 1.82) is 0 Å². The lowest BCUT2D eigenvalue weighted by Gasteiger charge is -2.06. The molecule has 0 aliphatic rings. The van der Waals surface area contributed by atoms with Crippen LogP contribution in [0.5, 0.6) is 5.75 Å². The SMILES string of the molecule is O=NCc1ccc(/C=C/c2nc(COc3ccc(CCCCn4ccnn4)cc3)co2)cc1. The normalized spacial score (nSPS) is 11.2. The number of aromatic nitrogens is 4. The van der Waals surface area contributed by atoms with E-state index in [4.69, 9.17) is 9.15 Å². The second-order valence-electron chi connectivity index (χ2n) is 7.60. The van der Waals surface area contributed by atoms with Crippen LogP contribution in [0, 0.1) is 4.91 Å². The molecule has 0 unspecified atom stereocenters. The van der Waals surface area contributed by atoms with Crippen molar-refractivity contribution in [3.8, 4) is 5.75 Å². The molecule has 2 aromatic carbocycles. The van der Waals surface area contributed by atoms with Crippen molar-refractivity contribution >= 4 is 12.2 Å². The highest BCUT2D eigenvalue weighted by Gasteiger charge is 2.03. The molecule has 4 rings (SSSR count). The Morgan fingerprint density at radius 1 is 1.00 bits per heavy atom. The molecule has 2 aromatic heterocycles. The van der Waals surface area contributed by atoms with Gasteiger partial charge < -0.3 is 9.15 Å². The smallest absolute Gasteiger partial charge is 0.218 e. The first kappa shape index (κ1) is 22.1. The van der Waals surface area contributed by atoms with E-state index in [0.29, 0.717) is 12.5 Å². The molecule has 8 heteroatoms. The van der Waals surface area contributed by atoms with E-state index in [1.54, 1.807) is 18.5 Å². The molecule has 2 heterocycles. The van der Waals surface area contributed by atoms with E-state index in [1.165, 1.54) is 5.56 Å². The van der Waals surface area contributed by atoms with Crippen molar-refractivity contribution in [1.82, 2.24) is 20.0 Å². The predicted octanol–water partition coefficient (Wildman–Crippen LogP) is 5.30. The average Bonchev–Trinajstić information content (AvgIpc) is 3.53. The van der Waals surface area contributed by atoms with Crippen molar-refractivity contribution < 1.29 is 9.15 Å². The van der Waals surface area contributed by atoms with Crippen LogP contribution >= 0.6 is 0 Å². The molecule has 0 bridgehead atoms. The number of hydrogen-bond donors (Lipinski definition) is 0. The Morgan fingerprint density at radius 3 is 2.58 bits per heavy atom. The maximum atomic E-state index is 10.3. The van der Waals surface area contributed by atoms with E-state index in [0.717, 1.165) is 48.4 Å². The maximum Gasteiger partial charge on any atom is 0.218 e. The maximum absolute atomic E-state index is 10.3. The molecule has 0 aliphatic carbocycles. The molecule has 168 valence electrons. The van der Waals surface area contributed by atoms with Gasteiger partial charge in [0, 0.05) is 18.8 Å². The largest absolute Gasteiger partial charge is 0.487 e.